The van der Waals surface area contributed by atoms with Gasteiger partial charge in [0.25, 0.3) is 0 Å². The first-order valence-electron chi connectivity index (χ1n) is 6.07. The van der Waals surface area contributed by atoms with Crippen LogP contribution in [0.2, 0.25) is 0 Å². The Kier molecular flexibility index (Phi) is 4.63. The van der Waals surface area contributed by atoms with Crippen molar-refractivity contribution in [3.8, 4) is 0 Å². The summed E-state index contributed by atoms with van der Waals surface area (Å²) >= 11 is 1.40. The number of fused-ring (bicyclic) bond motifs is 1. The number of hydrogen-bond acceptors (Lipinski definition) is 4. The van der Waals surface area contributed by atoms with Crippen LogP contribution >= 0.6 is 11.8 Å². The third-order valence-corrected chi connectivity index (χ3v) is 3.54. The third-order valence-electron chi connectivity index (χ3n) is 2.54. The molecule has 0 saturated carbocycles. The van der Waals surface area contributed by atoms with Gasteiger partial charge in [-0.05, 0) is 19.1 Å². The highest BCUT2D eigenvalue weighted by Gasteiger charge is 2.11. The fraction of sp³-hybridized carbons (Fsp3) is 0.286. The predicted molar refractivity (Wildman–Crippen MR) is 75.3 cm³/mol. The number of para-hydroxylation sites is 1. The Labute approximate surface area is 115 Å². The molecule has 0 aliphatic heterocycles. The van der Waals surface area contributed by atoms with Gasteiger partial charge in [0.2, 0.25) is 0 Å². The zero-order valence-corrected chi connectivity index (χ0v) is 11.5. The normalized spacial score (nSPS) is 10.6. The zero-order valence-electron chi connectivity index (χ0n) is 10.6. The highest BCUT2D eigenvalue weighted by molar-refractivity contribution is 7.99. The fourth-order valence-electron chi connectivity index (χ4n) is 1.71. The number of Topliss-reactive ketones (excluding diaryl/α,β-unsaturated/α-hetero) is 1. The highest BCUT2D eigenvalue weighted by atomic mass is 32.2. The number of carbonyl (C=O) groups excluding carboxylic acids is 2. The molecule has 0 atom stereocenters. The van der Waals surface area contributed by atoms with E-state index in [0.29, 0.717) is 6.61 Å². The van der Waals surface area contributed by atoms with E-state index in [1.165, 1.54) is 11.8 Å². The van der Waals surface area contributed by atoms with Gasteiger partial charge in [-0.15, -0.1) is 11.8 Å². The van der Waals surface area contributed by atoms with Gasteiger partial charge >= 0.3 is 5.97 Å². The summed E-state index contributed by atoms with van der Waals surface area (Å²) in [4.78, 5) is 26.0. The summed E-state index contributed by atoms with van der Waals surface area (Å²) in [5.74, 6) is -0.308. The van der Waals surface area contributed by atoms with E-state index in [2.05, 4.69) is 4.98 Å². The molecule has 1 aromatic carbocycles. The van der Waals surface area contributed by atoms with Crippen LogP contribution in [-0.2, 0) is 14.3 Å². The van der Waals surface area contributed by atoms with Gasteiger partial charge in [0.15, 0.2) is 5.78 Å². The van der Waals surface area contributed by atoms with Crippen LogP contribution in [0.3, 0.4) is 0 Å². The smallest absolute Gasteiger partial charge is 0.313 e. The average molecular weight is 277 g/mol. The van der Waals surface area contributed by atoms with Gasteiger partial charge in [0, 0.05) is 10.9 Å². The first kappa shape index (κ1) is 13.7. The minimum atomic E-state index is -0.454. The Morgan fingerprint density at radius 3 is 2.84 bits per heavy atom. The van der Waals surface area contributed by atoms with Crippen LogP contribution in [0.15, 0.2) is 35.4 Å². The number of hydrogen-bond donors (Lipinski definition) is 1. The lowest BCUT2D eigenvalue weighted by molar-refractivity contribution is -0.145. The van der Waals surface area contributed by atoms with E-state index in [9.17, 15) is 9.59 Å². The number of ether oxygens (including phenoxy) is 1. The van der Waals surface area contributed by atoms with Crippen LogP contribution in [0.5, 0.6) is 0 Å². The average Bonchev–Trinajstić information content (AvgIpc) is 2.79. The highest BCUT2D eigenvalue weighted by Crippen LogP contribution is 2.23. The van der Waals surface area contributed by atoms with Gasteiger partial charge in [0.05, 0.1) is 17.4 Å². The summed E-state index contributed by atoms with van der Waals surface area (Å²) in [6, 6.07) is 9.92. The second-order valence-corrected chi connectivity index (χ2v) is 5.05. The predicted octanol–water partition coefficient (Wildman–Crippen LogP) is 2.78. The fourth-order valence-corrected chi connectivity index (χ4v) is 2.52. The number of thioether (sulfide) groups is 1. The Bertz CT molecular complexity index is 558. The SMILES string of the molecule is CCOC(=O)CC(=O)CSc1cc2ccccc2[nH]1. The number of benzene rings is 1. The monoisotopic (exact) mass is 277 g/mol. The number of ketones is 1. The van der Waals surface area contributed by atoms with Crippen molar-refractivity contribution in [3.63, 3.8) is 0 Å². The number of carbonyl (C=O) groups is 2. The van der Waals surface area contributed by atoms with Crippen LogP contribution in [-0.4, -0.2) is 29.1 Å². The molecular formula is C14H15NO3S. The van der Waals surface area contributed by atoms with Crippen molar-refractivity contribution >= 4 is 34.4 Å². The van der Waals surface area contributed by atoms with Crippen molar-refractivity contribution in [2.45, 2.75) is 18.4 Å². The summed E-state index contributed by atoms with van der Waals surface area (Å²) in [6.45, 7) is 2.03. The second kappa shape index (κ2) is 6.43. The molecule has 0 fully saturated rings. The Morgan fingerprint density at radius 1 is 1.32 bits per heavy atom. The number of rotatable bonds is 6. The number of aromatic nitrogens is 1. The topological polar surface area (TPSA) is 59.2 Å². The molecule has 1 aromatic heterocycles. The molecule has 1 heterocycles. The van der Waals surface area contributed by atoms with Crippen molar-refractivity contribution in [1.82, 2.24) is 4.98 Å². The molecule has 2 aromatic rings. The molecule has 5 heteroatoms. The molecule has 0 unspecified atom stereocenters. The number of H-pyrrole nitrogens is 1. The first-order chi connectivity index (χ1) is 9.19. The molecule has 1 N–H and O–H groups in total. The van der Waals surface area contributed by atoms with Crippen LogP contribution in [0.25, 0.3) is 10.9 Å². The molecule has 0 radical (unpaired) electrons. The summed E-state index contributed by atoms with van der Waals surface area (Å²) in [5, 5.41) is 2.04. The zero-order chi connectivity index (χ0) is 13.7. The minimum absolute atomic E-state index is 0.123. The molecule has 0 saturated heterocycles. The Hall–Kier alpha value is -1.75. The molecule has 19 heavy (non-hydrogen) atoms. The molecule has 2 rings (SSSR count). The van der Waals surface area contributed by atoms with Crippen molar-refractivity contribution in [2.24, 2.45) is 0 Å². The van der Waals surface area contributed by atoms with Crippen LogP contribution in [0.1, 0.15) is 13.3 Å². The molecular weight excluding hydrogens is 262 g/mol. The van der Waals surface area contributed by atoms with E-state index >= 15 is 0 Å². The molecule has 100 valence electrons. The largest absolute Gasteiger partial charge is 0.466 e. The summed E-state index contributed by atoms with van der Waals surface area (Å²) in [6.07, 6.45) is -0.152. The van der Waals surface area contributed by atoms with Gasteiger partial charge in [-0.3, -0.25) is 9.59 Å². The molecule has 0 aliphatic carbocycles. The molecule has 0 spiro atoms. The second-order valence-electron chi connectivity index (χ2n) is 4.03. The van der Waals surface area contributed by atoms with Gasteiger partial charge < -0.3 is 9.72 Å². The maximum absolute atomic E-state index is 11.6. The van der Waals surface area contributed by atoms with Gasteiger partial charge in [-0.1, -0.05) is 18.2 Å². The molecule has 4 nitrogen and oxygen atoms in total. The lowest BCUT2D eigenvalue weighted by atomic mass is 10.3. The first-order valence-corrected chi connectivity index (χ1v) is 7.05. The number of nitrogens with one attached hydrogen (secondary N) is 1. The molecule has 0 aliphatic rings. The van der Waals surface area contributed by atoms with E-state index in [4.69, 9.17) is 4.74 Å². The van der Waals surface area contributed by atoms with E-state index in [0.717, 1.165) is 15.9 Å². The van der Waals surface area contributed by atoms with Crippen molar-refractivity contribution in [3.05, 3.63) is 30.3 Å². The summed E-state index contributed by atoms with van der Waals surface area (Å²) < 4.78 is 4.74. The minimum Gasteiger partial charge on any atom is -0.466 e. The molecule has 0 amide bonds. The van der Waals surface area contributed by atoms with Gasteiger partial charge in [0.1, 0.15) is 6.42 Å². The van der Waals surface area contributed by atoms with E-state index in [-0.39, 0.29) is 18.0 Å². The molecule has 0 bridgehead atoms. The summed E-state index contributed by atoms with van der Waals surface area (Å²) in [5.41, 5.74) is 1.04. The van der Waals surface area contributed by atoms with Crippen molar-refractivity contribution < 1.29 is 14.3 Å². The Balaban J connectivity index is 1.88. The third kappa shape index (κ3) is 3.86. The van der Waals surface area contributed by atoms with Gasteiger partial charge in [-0.25, -0.2) is 0 Å². The number of aromatic amines is 1. The van der Waals surface area contributed by atoms with E-state index < -0.39 is 5.97 Å². The summed E-state index contributed by atoms with van der Waals surface area (Å²) in [7, 11) is 0. The van der Waals surface area contributed by atoms with Crippen molar-refractivity contribution in [1.29, 1.82) is 0 Å². The van der Waals surface area contributed by atoms with Crippen LogP contribution in [0.4, 0.5) is 0 Å². The van der Waals surface area contributed by atoms with E-state index in [1.54, 1.807) is 6.92 Å². The maximum atomic E-state index is 11.6. The maximum Gasteiger partial charge on any atom is 0.313 e. The van der Waals surface area contributed by atoms with Crippen LogP contribution < -0.4 is 0 Å². The quantitative estimate of drug-likeness (QED) is 0.501. The van der Waals surface area contributed by atoms with Gasteiger partial charge in [-0.2, -0.15) is 0 Å². The Morgan fingerprint density at radius 2 is 2.11 bits per heavy atom. The van der Waals surface area contributed by atoms with E-state index in [1.807, 2.05) is 30.3 Å². The van der Waals surface area contributed by atoms with Crippen LogP contribution in [0, 0.1) is 0 Å². The lowest BCUT2D eigenvalue weighted by Gasteiger charge is -2.00. The lowest BCUT2D eigenvalue weighted by Crippen LogP contribution is -2.12. The van der Waals surface area contributed by atoms with Crippen molar-refractivity contribution in [2.75, 3.05) is 12.4 Å². The standard InChI is InChI=1S/C14H15NO3S/c1-2-18-14(17)8-11(16)9-19-13-7-10-5-3-4-6-12(10)15-13/h3-7,15H,2,8-9H2,1H3. The number of esters is 1.